The number of hydrogen-bond donors (Lipinski definition) is 2. The molecule has 102 valence electrons. The number of nitrogens with one attached hydrogen (secondary N) is 1. The molecular formula is C15H20N2OS. The normalized spacial score (nSPS) is 24.1. The van der Waals surface area contributed by atoms with Gasteiger partial charge in [0.1, 0.15) is 0 Å². The third kappa shape index (κ3) is 2.59. The molecule has 1 heterocycles. The highest BCUT2D eigenvalue weighted by molar-refractivity contribution is 7.99. The lowest BCUT2D eigenvalue weighted by Crippen LogP contribution is -2.37. The summed E-state index contributed by atoms with van der Waals surface area (Å²) in [5, 5.41) is 3.16. The monoisotopic (exact) mass is 276 g/mol. The minimum atomic E-state index is -0.264. The van der Waals surface area contributed by atoms with Gasteiger partial charge in [0.05, 0.1) is 5.41 Å². The topological polar surface area (TPSA) is 55.1 Å². The molecule has 1 aliphatic carbocycles. The van der Waals surface area contributed by atoms with E-state index >= 15 is 0 Å². The molecule has 0 bridgehead atoms. The molecule has 2 fully saturated rings. The Morgan fingerprint density at radius 2 is 2.11 bits per heavy atom. The molecule has 1 saturated carbocycles. The quantitative estimate of drug-likeness (QED) is 0.829. The lowest BCUT2D eigenvalue weighted by molar-refractivity contribution is -0.123. The van der Waals surface area contributed by atoms with Crippen molar-refractivity contribution >= 4 is 23.4 Å². The van der Waals surface area contributed by atoms with Crippen molar-refractivity contribution in [2.24, 2.45) is 5.92 Å². The van der Waals surface area contributed by atoms with Gasteiger partial charge in [0, 0.05) is 12.2 Å². The molecule has 3 nitrogen and oxygen atoms in total. The van der Waals surface area contributed by atoms with Crippen LogP contribution in [0.1, 0.15) is 24.8 Å². The van der Waals surface area contributed by atoms with Crippen molar-refractivity contribution in [1.82, 2.24) is 5.32 Å². The van der Waals surface area contributed by atoms with Gasteiger partial charge in [-0.3, -0.25) is 4.79 Å². The molecule has 2 aliphatic rings. The van der Waals surface area contributed by atoms with Crippen LogP contribution in [-0.2, 0) is 10.2 Å². The molecule has 0 aromatic heterocycles. The number of carbonyl (C=O) groups is 1. The Balaban J connectivity index is 1.63. The van der Waals surface area contributed by atoms with Crippen LogP contribution in [-0.4, -0.2) is 24.0 Å². The summed E-state index contributed by atoms with van der Waals surface area (Å²) in [6.07, 6.45) is 3.16. The molecule has 1 amide bonds. The Kier molecular flexibility index (Phi) is 3.44. The lowest BCUT2D eigenvalue weighted by Gasteiger charge is -2.17. The molecule has 3 rings (SSSR count). The summed E-state index contributed by atoms with van der Waals surface area (Å²) in [6.45, 7) is 0.836. The summed E-state index contributed by atoms with van der Waals surface area (Å²) in [5.74, 6) is 3.30. The number of carbonyl (C=O) groups excluding carboxylic acids is 1. The highest BCUT2D eigenvalue weighted by Crippen LogP contribution is 2.48. The fourth-order valence-corrected chi connectivity index (χ4v) is 4.01. The van der Waals surface area contributed by atoms with Crippen LogP contribution in [0.15, 0.2) is 24.3 Å². The lowest BCUT2D eigenvalue weighted by atomic mass is 9.94. The molecule has 1 saturated heterocycles. The fraction of sp³-hybridized carbons (Fsp3) is 0.533. The number of anilines is 1. The van der Waals surface area contributed by atoms with Crippen molar-refractivity contribution in [3.8, 4) is 0 Å². The molecule has 1 aromatic rings. The van der Waals surface area contributed by atoms with Crippen molar-refractivity contribution in [1.29, 1.82) is 0 Å². The van der Waals surface area contributed by atoms with Crippen molar-refractivity contribution in [3.63, 3.8) is 0 Å². The van der Waals surface area contributed by atoms with Gasteiger partial charge in [-0.1, -0.05) is 12.1 Å². The van der Waals surface area contributed by atoms with E-state index in [4.69, 9.17) is 5.73 Å². The van der Waals surface area contributed by atoms with Gasteiger partial charge >= 0.3 is 0 Å². The van der Waals surface area contributed by atoms with Gasteiger partial charge in [-0.15, -0.1) is 0 Å². The fourth-order valence-electron chi connectivity index (χ4n) is 2.72. The maximum atomic E-state index is 12.4. The highest BCUT2D eigenvalue weighted by Gasteiger charge is 2.51. The van der Waals surface area contributed by atoms with Crippen molar-refractivity contribution in [3.05, 3.63) is 29.8 Å². The number of amides is 1. The van der Waals surface area contributed by atoms with Gasteiger partial charge in [-0.2, -0.15) is 11.8 Å². The molecule has 1 atom stereocenters. The van der Waals surface area contributed by atoms with Gasteiger partial charge in [-0.05, 0) is 54.4 Å². The second-order valence-electron chi connectivity index (χ2n) is 5.64. The van der Waals surface area contributed by atoms with Crippen LogP contribution >= 0.6 is 11.8 Å². The maximum Gasteiger partial charge on any atom is 0.230 e. The number of benzene rings is 1. The Morgan fingerprint density at radius 1 is 1.37 bits per heavy atom. The van der Waals surface area contributed by atoms with Gasteiger partial charge in [-0.25, -0.2) is 0 Å². The van der Waals surface area contributed by atoms with E-state index in [1.807, 2.05) is 36.0 Å². The van der Waals surface area contributed by atoms with Gasteiger partial charge < -0.3 is 11.1 Å². The predicted molar refractivity (Wildman–Crippen MR) is 80.2 cm³/mol. The number of thioether (sulfide) groups is 1. The number of nitrogens with two attached hydrogens (primary N) is 1. The van der Waals surface area contributed by atoms with E-state index in [2.05, 4.69) is 5.32 Å². The second-order valence-corrected chi connectivity index (χ2v) is 6.79. The average Bonchev–Trinajstić information content (AvgIpc) is 3.07. The van der Waals surface area contributed by atoms with Gasteiger partial charge in [0.2, 0.25) is 5.91 Å². The summed E-state index contributed by atoms with van der Waals surface area (Å²) in [6, 6.07) is 7.76. The van der Waals surface area contributed by atoms with Crippen LogP contribution in [0.5, 0.6) is 0 Å². The van der Waals surface area contributed by atoms with Gasteiger partial charge in [0.15, 0.2) is 0 Å². The zero-order valence-electron chi connectivity index (χ0n) is 11.0. The third-order valence-corrected chi connectivity index (χ3v) is 5.45. The van der Waals surface area contributed by atoms with E-state index in [-0.39, 0.29) is 11.3 Å². The van der Waals surface area contributed by atoms with Crippen molar-refractivity contribution in [2.75, 3.05) is 23.8 Å². The number of rotatable bonds is 4. The smallest absolute Gasteiger partial charge is 0.230 e. The summed E-state index contributed by atoms with van der Waals surface area (Å²) in [4.78, 5) is 12.4. The van der Waals surface area contributed by atoms with Gasteiger partial charge in [0.25, 0.3) is 0 Å². The summed E-state index contributed by atoms with van der Waals surface area (Å²) < 4.78 is 0. The van der Waals surface area contributed by atoms with E-state index in [1.54, 1.807) is 0 Å². The van der Waals surface area contributed by atoms with Crippen LogP contribution in [0.25, 0.3) is 0 Å². The third-order valence-electron chi connectivity index (χ3n) is 4.22. The van der Waals surface area contributed by atoms with Crippen LogP contribution in [0.2, 0.25) is 0 Å². The molecule has 4 heteroatoms. The molecule has 3 N–H and O–H groups in total. The molecular weight excluding hydrogens is 256 g/mol. The van der Waals surface area contributed by atoms with Crippen LogP contribution in [0.3, 0.4) is 0 Å². The Hall–Kier alpha value is -1.16. The minimum absolute atomic E-state index is 0.203. The zero-order valence-corrected chi connectivity index (χ0v) is 11.8. The standard InChI is InChI=1S/C15H20N2OS/c16-13-3-1-12(2-4-13)15(6-7-15)14(18)17-9-11-5-8-19-10-11/h1-4,11H,5-10,16H2,(H,17,18). The first-order chi connectivity index (χ1) is 9.21. The van der Waals surface area contributed by atoms with Crippen LogP contribution in [0, 0.1) is 5.92 Å². The first kappa shape index (κ1) is 12.9. The molecule has 1 aliphatic heterocycles. The van der Waals surface area contributed by atoms with E-state index in [0.29, 0.717) is 5.92 Å². The van der Waals surface area contributed by atoms with Crippen molar-refractivity contribution < 1.29 is 4.79 Å². The zero-order chi connectivity index (χ0) is 13.3. The van der Waals surface area contributed by atoms with E-state index < -0.39 is 0 Å². The summed E-state index contributed by atoms with van der Waals surface area (Å²) >= 11 is 1.99. The van der Waals surface area contributed by atoms with Crippen LogP contribution in [0.4, 0.5) is 5.69 Å². The van der Waals surface area contributed by atoms with Crippen LogP contribution < -0.4 is 11.1 Å². The first-order valence-corrected chi connectivity index (χ1v) is 8.08. The summed E-state index contributed by atoms with van der Waals surface area (Å²) in [5.41, 5.74) is 7.30. The molecule has 0 radical (unpaired) electrons. The maximum absolute atomic E-state index is 12.4. The molecule has 19 heavy (non-hydrogen) atoms. The average molecular weight is 276 g/mol. The Labute approximate surface area is 118 Å². The minimum Gasteiger partial charge on any atom is -0.399 e. The number of hydrogen-bond acceptors (Lipinski definition) is 3. The van der Waals surface area contributed by atoms with E-state index in [9.17, 15) is 4.79 Å². The highest BCUT2D eigenvalue weighted by atomic mass is 32.2. The Bertz CT molecular complexity index is 462. The number of nitrogen functional groups attached to an aromatic ring is 1. The molecule has 1 aromatic carbocycles. The molecule has 1 unspecified atom stereocenters. The largest absolute Gasteiger partial charge is 0.399 e. The van der Waals surface area contributed by atoms with E-state index in [0.717, 1.165) is 30.6 Å². The molecule has 0 spiro atoms. The van der Waals surface area contributed by atoms with E-state index in [1.165, 1.54) is 17.9 Å². The predicted octanol–water partition coefficient (Wildman–Crippen LogP) is 2.17. The SMILES string of the molecule is Nc1ccc(C2(C(=O)NCC3CCSC3)CC2)cc1. The summed E-state index contributed by atoms with van der Waals surface area (Å²) in [7, 11) is 0. The second kappa shape index (κ2) is 5.08. The first-order valence-electron chi connectivity index (χ1n) is 6.93. The van der Waals surface area contributed by atoms with Crippen molar-refractivity contribution in [2.45, 2.75) is 24.7 Å². The Morgan fingerprint density at radius 3 is 2.68 bits per heavy atom.